The van der Waals surface area contributed by atoms with Crippen LogP contribution in [0.5, 0.6) is 0 Å². The Hall–Kier alpha value is -3.46. The molecule has 1 aromatic heterocycles. The number of hydrogen-bond acceptors (Lipinski definition) is 2. The van der Waals surface area contributed by atoms with Gasteiger partial charge < -0.3 is 5.32 Å². The van der Waals surface area contributed by atoms with Crippen molar-refractivity contribution in [2.75, 3.05) is 0 Å². The highest BCUT2D eigenvalue weighted by molar-refractivity contribution is 6.09. The van der Waals surface area contributed by atoms with Gasteiger partial charge in [0, 0.05) is 23.2 Å². The van der Waals surface area contributed by atoms with Crippen molar-refractivity contribution in [2.45, 2.75) is 20.4 Å². The van der Waals surface area contributed by atoms with Crippen LogP contribution < -0.4 is 5.32 Å². The van der Waals surface area contributed by atoms with E-state index in [2.05, 4.69) is 36.5 Å². The summed E-state index contributed by atoms with van der Waals surface area (Å²) in [6.45, 7) is 4.49. The first-order chi connectivity index (χ1) is 13.6. The number of hydrogen-bond donors (Lipinski definition) is 1. The average Bonchev–Trinajstić information content (AvgIpc) is 2.72. The lowest BCUT2D eigenvalue weighted by atomic mass is 9.98. The number of amides is 1. The molecule has 4 rings (SSSR count). The van der Waals surface area contributed by atoms with Gasteiger partial charge in [0.2, 0.25) is 0 Å². The molecule has 0 radical (unpaired) electrons. The molecular formula is C25H22N2O. The van der Waals surface area contributed by atoms with Crippen LogP contribution in [0.25, 0.3) is 22.0 Å². The zero-order valence-electron chi connectivity index (χ0n) is 16.1. The lowest BCUT2D eigenvalue weighted by molar-refractivity contribution is 0.0952. The number of carbonyl (C=O) groups excluding carboxylic acids is 1. The molecule has 0 saturated carbocycles. The summed E-state index contributed by atoms with van der Waals surface area (Å²) in [5.41, 5.74) is 6.77. The number of nitrogens with one attached hydrogen (secondary N) is 1. The van der Waals surface area contributed by atoms with Gasteiger partial charge in [-0.2, -0.15) is 0 Å². The molecule has 4 aromatic rings. The van der Waals surface area contributed by atoms with E-state index in [0.717, 1.165) is 33.3 Å². The fourth-order valence-electron chi connectivity index (χ4n) is 3.49. The van der Waals surface area contributed by atoms with Gasteiger partial charge in [0.1, 0.15) is 0 Å². The average molecular weight is 366 g/mol. The van der Waals surface area contributed by atoms with Crippen molar-refractivity contribution in [3.8, 4) is 11.1 Å². The van der Waals surface area contributed by atoms with Gasteiger partial charge in [-0.3, -0.25) is 9.78 Å². The van der Waals surface area contributed by atoms with E-state index in [1.54, 1.807) is 0 Å². The predicted octanol–water partition coefficient (Wildman–Crippen LogP) is 5.45. The second kappa shape index (κ2) is 7.65. The molecule has 0 unspecified atom stereocenters. The molecule has 1 amide bonds. The number of fused-ring (bicyclic) bond motifs is 1. The molecule has 1 N–H and O–H groups in total. The standard InChI is InChI=1S/C25H22N2O/c1-17-9-6-7-12-20(17)16-26-25(28)23-15-18(2)27-24-21(13-8-14-22(23)24)19-10-4-3-5-11-19/h3-15H,16H2,1-2H3,(H,26,28). The molecule has 1 heterocycles. The number of carbonyl (C=O) groups is 1. The van der Waals surface area contributed by atoms with Gasteiger partial charge in [-0.15, -0.1) is 0 Å². The van der Waals surface area contributed by atoms with Gasteiger partial charge in [0.25, 0.3) is 5.91 Å². The Kier molecular flexibility index (Phi) is 4.90. The number of aromatic nitrogens is 1. The minimum Gasteiger partial charge on any atom is -0.348 e. The molecule has 0 atom stereocenters. The van der Waals surface area contributed by atoms with Crippen molar-refractivity contribution in [2.24, 2.45) is 0 Å². The van der Waals surface area contributed by atoms with Crippen molar-refractivity contribution < 1.29 is 4.79 Å². The van der Waals surface area contributed by atoms with E-state index in [1.165, 1.54) is 5.56 Å². The van der Waals surface area contributed by atoms with Crippen LogP contribution in [0.15, 0.2) is 78.9 Å². The van der Waals surface area contributed by atoms with Gasteiger partial charge >= 0.3 is 0 Å². The summed E-state index contributed by atoms with van der Waals surface area (Å²) in [6, 6.07) is 26.1. The third-order valence-corrected chi connectivity index (χ3v) is 5.00. The molecular weight excluding hydrogens is 344 g/mol. The van der Waals surface area contributed by atoms with Crippen LogP contribution in [0.2, 0.25) is 0 Å². The monoisotopic (exact) mass is 366 g/mol. The minimum atomic E-state index is -0.0797. The zero-order chi connectivity index (χ0) is 19.5. The maximum absolute atomic E-state index is 13.0. The van der Waals surface area contributed by atoms with E-state index in [0.29, 0.717) is 12.1 Å². The Morgan fingerprint density at radius 1 is 0.893 bits per heavy atom. The lowest BCUT2D eigenvalue weighted by Crippen LogP contribution is -2.23. The van der Waals surface area contributed by atoms with E-state index in [-0.39, 0.29) is 5.91 Å². The van der Waals surface area contributed by atoms with Crippen LogP contribution >= 0.6 is 0 Å². The Morgan fingerprint density at radius 2 is 1.64 bits per heavy atom. The smallest absolute Gasteiger partial charge is 0.252 e. The molecule has 0 spiro atoms. The molecule has 0 aliphatic carbocycles. The van der Waals surface area contributed by atoms with Gasteiger partial charge in [-0.1, -0.05) is 72.8 Å². The van der Waals surface area contributed by atoms with Crippen molar-refractivity contribution in [1.82, 2.24) is 10.3 Å². The number of aryl methyl sites for hydroxylation is 2. The van der Waals surface area contributed by atoms with Crippen molar-refractivity contribution in [3.63, 3.8) is 0 Å². The summed E-state index contributed by atoms with van der Waals surface area (Å²) < 4.78 is 0. The Labute approximate surface area is 165 Å². The Morgan fingerprint density at radius 3 is 2.43 bits per heavy atom. The number of para-hydroxylation sites is 1. The van der Waals surface area contributed by atoms with Gasteiger partial charge in [-0.05, 0) is 36.6 Å². The number of rotatable bonds is 4. The molecule has 3 aromatic carbocycles. The van der Waals surface area contributed by atoms with E-state index in [9.17, 15) is 4.79 Å². The van der Waals surface area contributed by atoms with E-state index in [4.69, 9.17) is 4.98 Å². The summed E-state index contributed by atoms with van der Waals surface area (Å²) in [7, 11) is 0. The number of pyridine rings is 1. The fourth-order valence-corrected chi connectivity index (χ4v) is 3.49. The van der Waals surface area contributed by atoms with Crippen LogP contribution in [0.3, 0.4) is 0 Å². The second-order valence-electron chi connectivity index (χ2n) is 6.99. The quantitative estimate of drug-likeness (QED) is 0.522. The minimum absolute atomic E-state index is 0.0797. The van der Waals surface area contributed by atoms with E-state index < -0.39 is 0 Å². The maximum Gasteiger partial charge on any atom is 0.252 e. The summed E-state index contributed by atoms with van der Waals surface area (Å²) in [4.78, 5) is 17.8. The molecule has 0 aliphatic rings. The van der Waals surface area contributed by atoms with Crippen molar-refractivity contribution in [3.05, 3.63) is 101 Å². The Balaban J connectivity index is 1.73. The molecule has 0 fully saturated rings. The molecule has 0 aliphatic heterocycles. The third-order valence-electron chi connectivity index (χ3n) is 5.00. The molecule has 138 valence electrons. The van der Waals surface area contributed by atoms with Crippen LogP contribution in [0, 0.1) is 13.8 Å². The summed E-state index contributed by atoms with van der Waals surface area (Å²) in [6.07, 6.45) is 0. The van der Waals surface area contributed by atoms with Gasteiger partial charge in [0.05, 0.1) is 11.1 Å². The fraction of sp³-hybridized carbons (Fsp3) is 0.120. The normalized spacial score (nSPS) is 10.8. The highest BCUT2D eigenvalue weighted by atomic mass is 16.1. The summed E-state index contributed by atoms with van der Waals surface area (Å²) >= 11 is 0. The molecule has 3 nitrogen and oxygen atoms in total. The molecule has 28 heavy (non-hydrogen) atoms. The van der Waals surface area contributed by atoms with Gasteiger partial charge in [0.15, 0.2) is 0 Å². The van der Waals surface area contributed by atoms with Crippen LogP contribution in [-0.4, -0.2) is 10.9 Å². The second-order valence-corrected chi connectivity index (χ2v) is 6.99. The van der Waals surface area contributed by atoms with Crippen LogP contribution in [-0.2, 0) is 6.54 Å². The Bertz CT molecular complexity index is 1150. The summed E-state index contributed by atoms with van der Waals surface area (Å²) in [5.74, 6) is -0.0797. The number of benzene rings is 3. The SMILES string of the molecule is Cc1cc(C(=O)NCc2ccccc2C)c2cccc(-c3ccccc3)c2n1. The number of nitrogens with zero attached hydrogens (tertiary/aromatic N) is 1. The highest BCUT2D eigenvalue weighted by Crippen LogP contribution is 2.29. The summed E-state index contributed by atoms with van der Waals surface area (Å²) in [5, 5.41) is 3.94. The van der Waals surface area contributed by atoms with E-state index >= 15 is 0 Å². The molecule has 0 saturated heterocycles. The third kappa shape index (κ3) is 3.52. The lowest BCUT2D eigenvalue weighted by Gasteiger charge is -2.13. The first-order valence-electron chi connectivity index (χ1n) is 9.42. The van der Waals surface area contributed by atoms with E-state index in [1.807, 2.05) is 61.5 Å². The van der Waals surface area contributed by atoms with Crippen LogP contribution in [0.4, 0.5) is 0 Å². The first-order valence-corrected chi connectivity index (χ1v) is 9.42. The largest absolute Gasteiger partial charge is 0.348 e. The topological polar surface area (TPSA) is 42.0 Å². The van der Waals surface area contributed by atoms with Crippen molar-refractivity contribution in [1.29, 1.82) is 0 Å². The van der Waals surface area contributed by atoms with Crippen molar-refractivity contribution >= 4 is 16.8 Å². The predicted molar refractivity (Wildman–Crippen MR) is 114 cm³/mol. The first kappa shape index (κ1) is 17.9. The molecule has 0 bridgehead atoms. The van der Waals surface area contributed by atoms with Gasteiger partial charge in [-0.25, -0.2) is 0 Å². The maximum atomic E-state index is 13.0. The zero-order valence-corrected chi connectivity index (χ0v) is 16.1. The highest BCUT2D eigenvalue weighted by Gasteiger charge is 2.15. The van der Waals surface area contributed by atoms with Crippen LogP contribution in [0.1, 0.15) is 27.2 Å². The molecule has 3 heteroatoms.